The standard InChI is InChI=1S/C16H31NO4S/c1-21-15(18)11-9-7-5-3-2-4-6-8-10-12-16(13-14-16)22(17,19)20/h2-14H2,1H3,(H2,17,19,20). The van der Waals surface area contributed by atoms with E-state index in [4.69, 9.17) is 5.14 Å². The first kappa shape index (κ1) is 19.4. The van der Waals surface area contributed by atoms with Gasteiger partial charge in [0.1, 0.15) is 0 Å². The predicted molar refractivity (Wildman–Crippen MR) is 87.9 cm³/mol. The van der Waals surface area contributed by atoms with Crippen molar-refractivity contribution in [2.24, 2.45) is 5.14 Å². The smallest absolute Gasteiger partial charge is 0.305 e. The number of primary sulfonamides is 1. The van der Waals surface area contributed by atoms with Crippen LogP contribution in [-0.2, 0) is 19.6 Å². The highest BCUT2D eigenvalue weighted by Gasteiger charge is 2.51. The summed E-state index contributed by atoms with van der Waals surface area (Å²) < 4.78 is 26.9. The largest absolute Gasteiger partial charge is 0.469 e. The maximum Gasteiger partial charge on any atom is 0.305 e. The minimum Gasteiger partial charge on any atom is -0.469 e. The van der Waals surface area contributed by atoms with Crippen molar-refractivity contribution in [3.63, 3.8) is 0 Å². The Hall–Kier alpha value is -0.620. The molecule has 1 aliphatic rings. The van der Waals surface area contributed by atoms with E-state index in [0.717, 1.165) is 44.9 Å². The number of carbonyl (C=O) groups excluding carboxylic acids is 1. The molecule has 1 fully saturated rings. The summed E-state index contributed by atoms with van der Waals surface area (Å²) in [5.41, 5.74) is 0. The first-order chi connectivity index (χ1) is 10.4. The number of rotatable bonds is 13. The molecule has 0 amide bonds. The third-order valence-corrected chi connectivity index (χ3v) is 6.47. The molecule has 0 saturated heterocycles. The molecular weight excluding hydrogens is 302 g/mol. The molecule has 1 saturated carbocycles. The first-order valence-corrected chi connectivity index (χ1v) is 10.1. The van der Waals surface area contributed by atoms with Crippen molar-refractivity contribution in [1.29, 1.82) is 0 Å². The number of esters is 1. The van der Waals surface area contributed by atoms with Gasteiger partial charge in [0.2, 0.25) is 10.0 Å². The average Bonchev–Trinajstić information content (AvgIpc) is 3.25. The van der Waals surface area contributed by atoms with Crippen LogP contribution in [0.3, 0.4) is 0 Å². The lowest BCUT2D eigenvalue weighted by Crippen LogP contribution is -2.30. The van der Waals surface area contributed by atoms with Gasteiger partial charge >= 0.3 is 5.97 Å². The van der Waals surface area contributed by atoms with E-state index < -0.39 is 14.8 Å². The van der Waals surface area contributed by atoms with Crippen LogP contribution in [0.5, 0.6) is 0 Å². The van der Waals surface area contributed by atoms with Gasteiger partial charge in [0.25, 0.3) is 0 Å². The Bertz CT molecular complexity index is 429. The monoisotopic (exact) mass is 333 g/mol. The molecule has 0 aromatic rings. The van der Waals surface area contributed by atoms with Crippen LogP contribution in [0.4, 0.5) is 0 Å². The van der Waals surface area contributed by atoms with E-state index in [9.17, 15) is 13.2 Å². The molecule has 0 radical (unpaired) electrons. The summed E-state index contributed by atoms with van der Waals surface area (Å²) in [6, 6.07) is 0. The Morgan fingerprint density at radius 2 is 1.41 bits per heavy atom. The third kappa shape index (κ3) is 7.09. The summed E-state index contributed by atoms with van der Waals surface area (Å²) in [4.78, 5) is 10.9. The zero-order chi connectivity index (χ0) is 16.5. The Balaban J connectivity index is 1.86. The number of unbranched alkanes of at least 4 members (excludes halogenated alkanes) is 8. The number of ether oxygens (including phenoxy) is 1. The molecule has 2 N–H and O–H groups in total. The maximum absolute atomic E-state index is 11.4. The lowest BCUT2D eigenvalue weighted by atomic mass is 10.0. The number of nitrogens with two attached hydrogens (primary N) is 1. The molecule has 22 heavy (non-hydrogen) atoms. The molecule has 0 aromatic heterocycles. The molecule has 0 spiro atoms. The number of methoxy groups -OCH3 is 1. The molecule has 1 rings (SSSR count). The van der Waals surface area contributed by atoms with Gasteiger partial charge in [-0.05, 0) is 25.7 Å². The summed E-state index contributed by atoms with van der Waals surface area (Å²) in [6.07, 6.45) is 12.8. The van der Waals surface area contributed by atoms with Gasteiger partial charge in [-0.3, -0.25) is 4.79 Å². The Labute approximate surface area is 135 Å². The predicted octanol–water partition coefficient (Wildman–Crippen LogP) is 3.27. The van der Waals surface area contributed by atoms with Crippen molar-refractivity contribution >= 4 is 16.0 Å². The van der Waals surface area contributed by atoms with E-state index in [-0.39, 0.29) is 5.97 Å². The fraction of sp³-hybridized carbons (Fsp3) is 0.938. The Morgan fingerprint density at radius 1 is 0.955 bits per heavy atom. The van der Waals surface area contributed by atoms with Crippen LogP contribution in [0, 0.1) is 0 Å². The van der Waals surface area contributed by atoms with Crippen LogP contribution in [0.15, 0.2) is 0 Å². The molecule has 0 aliphatic heterocycles. The zero-order valence-electron chi connectivity index (χ0n) is 13.8. The maximum atomic E-state index is 11.4. The second-order valence-corrected chi connectivity index (χ2v) is 8.44. The summed E-state index contributed by atoms with van der Waals surface area (Å²) in [5, 5.41) is 5.27. The molecule has 6 heteroatoms. The van der Waals surface area contributed by atoms with Crippen LogP contribution in [-0.4, -0.2) is 26.2 Å². The van der Waals surface area contributed by atoms with Crippen LogP contribution < -0.4 is 5.14 Å². The SMILES string of the molecule is COC(=O)CCCCCCCCCCCC1(S(N)(=O)=O)CC1. The summed E-state index contributed by atoms with van der Waals surface area (Å²) in [5.74, 6) is -0.118. The molecule has 0 heterocycles. The minimum absolute atomic E-state index is 0.118. The van der Waals surface area contributed by atoms with E-state index in [1.165, 1.54) is 39.2 Å². The number of carbonyl (C=O) groups is 1. The normalized spacial score (nSPS) is 16.5. The van der Waals surface area contributed by atoms with E-state index >= 15 is 0 Å². The number of hydrogen-bond donors (Lipinski definition) is 1. The van der Waals surface area contributed by atoms with E-state index in [0.29, 0.717) is 6.42 Å². The quantitative estimate of drug-likeness (QED) is 0.414. The molecule has 0 aromatic carbocycles. The first-order valence-electron chi connectivity index (χ1n) is 8.50. The highest BCUT2D eigenvalue weighted by Crippen LogP contribution is 2.46. The second-order valence-electron chi connectivity index (χ2n) is 6.49. The van der Waals surface area contributed by atoms with Gasteiger partial charge in [0.15, 0.2) is 0 Å². The minimum atomic E-state index is -3.34. The molecule has 1 aliphatic carbocycles. The zero-order valence-corrected chi connectivity index (χ0v) is 14.6. The Kier molecular flexibility index (Phi) is 8.39. The number of sulfonamides is 1. The van der Waals surface area contributed by atoms with E-state index in [1.807, 2.05) is 0 Å². The highest BCUT2D eigenvalue weighted by atomic mass is 32.2. The van der Waals surface area contributed by atoms with Gasteiger partial charge in [-0.25, -0.2) is 13.6 Å². The molecular formula is C16H31NO4S. The summed E-state index contributed by atoms with van der Waals surface area (Å²) >= 11 is 0. The van der Waals surface area contributed by atoms with E-state index in [1.54, 1.807) is 0 Å². The van der Waals surface area contributed by atoms with Gasteiger partial charge < -0.3 is 4.74 Å². The fourth-order valence-electron chi connectivity index (χ4n) is 2.87. The van der Waals surface area contributed by atoms with Gasteiger partial charge in [0.05, 0.1) is 11.9 Å². The Morgan fingerprint density at radius 3 is 1.82 bits per heavy atom. The van der Waals surface area contributed by atoms with Crippen molar-refractivity contribution in [2.75, 3.05) is 7.11 Å². The van der Waals surface area contributed by atoms with Gasteiger partial charge in [0, 0.05) is 6.42 Å². The van der Waals surface area contributed by atoms with Crippen molar-refractivity contribution in [3.05, 3.63) is 0 Å². The lowest BCUT2D eigenvalue weighted by molar-refractivity contribution is -0.140. The fourth-order valence-corrected chi connectivity index (χ4v) is 3.97. The van der Waals surface area contributed by atoms with Crippen molar-refractivity contribution < 1.29 is 17.9 Å². The van der Waals surface area contributed by atoms with Gasteiger partial charge in [-0.15, -0.1) is 0 Å². The van der Waals surface area contributed by atoms with Gasteiger partial charge in [-0.1, -0.05) is 51.4 Å². The van der Waals surface area contributed by atoms with Crippen LogP contribution in [0.2, 0.25) is 0 Å². The average molecular weight is 333 g/mol. The molecule has 0 bridgehead atoms. The molecule has 130 valence electrons. The second kappa shape index (κ2) is 9.50. The van der Waals surface area contributed by atoms with Gasteiger partial charge in [-0.2, -0.15) is 0 Å². The van der Waals surface area contributed by atoms with Crippen LogP contribution in [0.1, 0.15) is 83.5 Å². The molecule has 0 atom stereocenters. The molecule has 0 unspecified atom stereocenters. The topological polar surface area (TPSA) is 86.5 Å². The molecule has 5 nitrogen and oxygen atoms in total. The lowest BCUT2D eigenvalue weighted by Gasteiger charge is -2.11. The van der Waals surface area contributed by atoms with Crippen molar-refractivity contribution in [3.8, 4) is 0 Å². The van der Waals surface area contributed by atoms with Crippen molar-refractivity contribution in [2.45, 2.75) is 88.2 Å². The van der Waals surface area contributed by atoms with Crippen LogP contribution >= 0.6 is 0 Å². The van der Waals surface area contributed by atoms with Crippen LogP contribution in [0.25, 0.3) is 0 Å². The third-order valence-electron chi connectivity index (χ3n) is 4.65. The summed E-state index contributed by atoms with van der Waals surface area (Å²) in [6.45, 7) is 0. The van der Waals surface area contributed by atoms with E-state index in [2.05, 4.69) is 4.74 Å². The highest BCUT2D eigenvalue weighted by molar-refractivity contribution is 7.90. The summed E-state index contributed by atoms with van der Waals surface area (Å²) in [7, 11) is -1.92. The number of hydrogen-bond acceptors (Lipinski definition) is 4. The van der Waals surface area contributed by atoms with Crippen molar-refractivity contribution in [1.82, 2.24) is 0 Å².